The van der Waals surface area contributed by atoms with Crippen molar-refractivity contribution >= 4 is 5.97 Å². The van der Waals surface area contributed by atoms with Crippen molar-refractivity contribution in [1.29, 1.82) is 0 Å². The second-order valence-corrected chi connectivity index (χ2v) is 25.0. The first-order chi connectivity index (χ1) is 34.7. The Bertz CT molecular complexity index is 1820. The SMILES string of the molecule is CCCCCCCCCC(=O)O[C@H]1C[C@@H]2[C@H](CC[C@]3(C)[C@@H]4[C@H](C[C@@H]23)O[C@]2(CC[C@@H](C)CO2)[C@H]4C)[C@@]2(C)CC[C@H](O[C@@H]3O[C@H](CO)[C@@H](O[C@@H]4O[C@@H](C)[C@H](O)[C@@H](O)[C@H]4O)[C@H](O)[C@H]3O[C@@H]3O[C@@H](C)[C@H](O)[C@@H](O)[C@H]3O)C[C@H]12. The van der Waals surface area contributed by atoms with Crippen LogP contribution in [0.5, 0.6) is 0 Å². The van der Waals surface area contributed by atoms with Crippen molar-refractivity contribution in [2.45, 2.75) is 274 Å². The molecule has 0 unspecified atom stereocenters. The number of rotatable bonds is 16. The van der Waals surface area contributed by atoms with Crippen LogP contribution in [-0.2, 0) is 47.4 Å². The first kappa shape index (κ1) is 56.5. The molecule has 4 saturated carbocycles. The standard InChI is InChI=1S/C55H92O18/c1-8-9-10-11-12-13-14-15-39(57)69-36-23-32-33(18-20-54(7)34(32)24-37-40(54)28(3)55(73-37)21-16-27(2)26-65-55)53(6)19-17-31(22-35(36)53)68-52-49(72-51-46(63)44(61)42(59)30(5)67-51)47(64)48(38(25-56)70-52)71-50-45(62)43(60)41(58)29(4)66-50/h27-38,40-52,56,58-64H,8-26H2,1-7H3/t27-,28+,29+,30+,31+,32-,33+,34+,35-,36+,37+,38-,40+,41+,42+,43-,44-,45-,46-,47+,48-,49-,50+,51+,52-,53-,54+,55-/m1/s1. The van der Waals surface area contributed by atoms with E-state index in [-0.39, 0.29) is 40.8 Å². The lowest BCUT2D eigenvalue weighted by atomic mass is 9.43. The summed E-state index contributed by atoms with van der Waals surface area (Å²) in [5, 5.41) is 87.2. The van der Waals surface area contributed by atoms with Crippen molar-refractivity contribution < 1.29 is 88.3 Å². The van der Waals surface area contributed by atoms with Gasteiger partial charge in [-0.3, -0.25) is 4.79 Å². The summed E-state index contributed by atoms with van der Waals surface area (Å²) in [4.78, 5) is 14.0. The number of hydrogen-bond donors (Lipinski definition) is 8. The van der Waals surface area contributed by atoms with Gasteiger partial charge in [0.2, 0.25) is 0 Å². The lowest BCUT2D eigenvalue weighted by Crippen LogP contribution is -2.66. The molecule has 0 aromatic heterocycles. The van der Waals surface area contributed by atoms with Gasteiger partial charge < -0.3 is 83.5 Å². The van der Waals surface area contributed by atoms with Crippen LogP contribution in [0.2, 0.25) is 0 Å². The van der Waals surface area contributed by atoms with Crippen molar-refractivity contribution in [2.75, 3.05) is 13.2 Å². The molecule has 5 saturated heterocycles. The zero-order valence-corrected chi connectivity index (χ0v) is 44.5. The molecule has 0 aromatic rings. The largest absolute Gasteiger partial charge is 0.462 e. The maximum absolute atomic E-state index is 14.0. The van der Waals surface area contributed by atoms with Crippen LogP contribution in [0.1, 0.15) is 158 Å². The van der Waals surface area contributed by atoms with Crippen molar-refractivity contribution in [1.82, 2.24) is 0 Å². The predicted molar refractivity (Wildman–Crippen MR) is 261 cm³/mol. The summed E-state index contributed by atoms with van der Waals surface area (Å²) in [6.45, 7) is 14.7. The van der Waals surface area contributed by atoms with E-state index >= 15 is 0 Å². The molecule has 18 nitrogen and oxygen atoms in total. The fourth-order valence-corrected chi connectivity index (χ4v) is 16.2. The Morgan fingerprint density at radius 1 is 0.616 bits per heavy atom. The average Bonchev–Trinajstić information content (AvgIpc) is 3.82. The summed E-state index contributed by atoms with van der Waals surface area (Å²) >= 11 is 0. The van der Waals surface area contributed by atoms with E-state index in [0.717, 1.165) is 70.8 Å². The van der Waals surface area contributed by atoms with E-state index in [0.29, 0.717) is 48.9 Å². The number of carbonyl (C=O) groups is 1. The van der Waals surface area contributed by atoms with Crippen LogP contribution in [0.15, 0.2) is 0 Å². The van der Waals surface area contributed by atoms with Gasteiger partial charge in [-0.05, 0) is 112 Å². The zero-order chi connectivity index (χ0) is 52.3. The number of ether oxygens (including phenoxy) is 9. The molecule has 1 spiro atoms. The van der Waals surface area contributed by atoms with Gasteiger partial charge >= 0.3 is 5.97 Å². The van der Waals surface area contributed by atoms with E-state index in [1.807, 2.05) is 0 Å². The summed E-state index contributed by atoms with van der Waals surface area (Å²) in [5.74, 6) is 1.51. The third kappa shape index (κ3) is 10.7. The van der Waals surface area contributed by atoms with Crippen LogP contribution >= 0.6 is 0 Å². The molecule has 5 heterocycles. The highest BCUT2D eigenvalue weighted by Crippen LogP contribution is 2.72. The molecule has 4 aliphatic carbocycles. The van der Waals surface area contributed by atoms with Crippen LogP contribution in [-0.4, -0.2) is 176 Å². The highest BCUT2D eigenvalue weighted by molar-refractivity contribution is 5.69. The quantitative estimate of drug-likeness (QED) is 0.0618. The molecule has 73 heavy (non-hydrogen) atoms. The molecule has 0 bridgehead atoms. The molecule has 28 atom stereocenters. The average molecular weight is 1040 g/mol. The Morgan fingerprint density at radius 2 is 1.25 bits per heavy atom. The fourth-order valence-electron chi connectivity index (χ4n) is 16.2. The molecule has 18 heteroatoms. The second kappa shape index (κ2) is 22.9. The molecule has 0 radical (unpaired) electrons. The van der Waals surface area contributed by atoms with Crippen molar-refractivity contribution in [3.05, 3.63) is 0 Å². The summed E-state index contributed by atoms with van der Waals surface area (Å²) in [7, 11) is 0. The highest BCUT2D eigenvalue weighted by Gasteiger charge is 2.70. The summed E-state index contributed by atoms with van der Waals surface area (Å²) in [6, 6.07) is 0. The number of carbonyl (C=O) groups excluding carboxylic acids is 1. The van der Waals surface area contributed by atoms with Gasteiger partial charge in [-0.2, -0.15) is 0 Å². The van der Waals surface area contributed by atoms with Gasteiger partial charge in [0, 0.05) is 24.7 Å². The third-order valence-corrected chi connectivity index (χ3v) is 20.5. The van der Waals surface area contributed by atoms with E-state index in [1.165, 1.54) is 39.5 Å². The van der Waals surface area contributed by atoms with E-state index in [4.69, 9.17) is 42.6 Å². The van der Waals surface area contributed by atoms with Crippen molar-refractivity contribution in [2.24, 2.45) is 52.3 Å². The number of fused-ring (bicyclic) bond motifs is 7. The lowest BCUT2D eigenvalue weighted by Gasteiger charge is -2.63. The molecule has 5 aliphatic heterocycles. The van der Waals surface area contributed by atoms with Gasteiger partial charge in [-0.15, -0.1) is 0 Å². The lowest BCUT2D eigenvalue weighted by molar-refractivity contribution is -0.389. The molecule has 0 amide bonds. The van der Waals surface area contributed by atoms with E-state index < -0.39 is 111 Å². The minimum atomic E-state index is -1.76. The topological polar surface area (TPSA) is 262 Å². The Morgan fingerprint density at radius 3 is 1.88 bits per heavy atom. The van der Waals surface area contributed by atoms with Gasteiger partial charge in [0.05, 0.1) is 37.6 Å². The zero-order valence-electron chi connectivity index (χ0n) is 44.5. The summed E-state index contributed by atoms with van der Waals surface area (Å²) < 4.78 is 57.6. The second-order valence-electron chi connectivity index (χ2n) is 25.0. The van der Waals surface area contributed by atoms with Crippen LogP contribution in [0.25, 0.3) is 0 Å². The van der Waals surface area contributed by atoms with Crippen LogP contribution in [0.3, 0.4) is 0 Å². The number of aliphatic hydroxyl groups is 8. The number of hydrogen-bond acceptors (Lipinski definition) is 18. The molecule has 9 aliphatic rings. The van der Waals surface area contributed by atoms with Crippen molar-refractivity contribution in [3.8, 4) is 0 Å². The van der Waals surface area contributed by atoms with Crippen molar-refractivity contribution in [3.63, 3.8) is 0 Å². The number of unbranched alkanes of at least 4 members (excludes halogenated alkanes) is 6. The molecule has 9 fully saturated rings. The van der Waals surface area contributed by atoms with Gasteiger partial charge in [-0.25, -0.2) is 0 Å². The van der Waals surface area contributed by atoms with Gasteiger partial charge in [-0.1, -0.05) is 73.1 Å². The van der Waals surface area contributed by atoms with Crippen LogP contribution < -0.4 is 0 Å². The smallest absolute Gasteiger partial charge is 0.306 e. The Hall–Kier alpha value is -1.17. The first-order valence-corrected chi connectivity index (χ1v) is 28.6. The first-order valence-electron chi connectivity index (χ1n) is 28.6. The van der Waals surface area contributed by atoms with Crippen LogP contribution in [0.4, 0.5) is 0 Å². The Labute approximate surface area is 432 Å². The Balaban J connectivity index is 0.955. The minimum Gasteiger partial charge on any atom is -0.462 e. The summed E-state index contributed by atoms with van der Waals surface area (Å²) in [6.07, 6.45) is -7.22. The molecule has 9 rings (SSSR count). The maximum atomic E-state index is 14.0. The molecular formula is C55H92O18. The molecular weight excluding hydrogens is 949 g/mol. The number of esters is 1. The van der Waals surface area contributed by atoms with E-state index in [9.17, 15) is 45.6 Å². The van der Waals surface area contributed by atoms with E-state index in [2.05, 4.69) is 34.6 Å². The molecule has 420 valence electrons. The normalized spacial score (nSPS) is 52.8. The highest BCUT2D eigenvalue weighted by atomic mass is 16.8. The summed E-state index contributed by atoms with van der Waals surface area (Å²) in [5.41, 5.74) is -0.154. The van der Waals surface area contributed by atoms with Gasteiger partial charge in [0.1, 0.15) is 67.1 Å². The third-order valence-electron chi connectivity index (χ3n) is 20.5. The maximum Gasteiger partial charge on any atom is 0.306 e. The monoisotopic (exact) mass is 1040 g/mol. The van der Waals surface area contributed by atoms with E-state index in [1.54, 1.807) is 0 Å². The molecule has 0 aromatic carbocycles. The number of aliphatic hydroxyl groups excluding tert-OH is 8. The predicted octanol–water partition coefficient (Wildman–Crippen LogP) is 3.98. The Kier molecular flexibility index (Phi) is 17.7. The van der Waals surface area contributed by atoms with Gasteiger partial charge in [0.25, 0.3) is 0 Å². The minimum absolute atomic E-state index is 0.0536. The van der Waals surface area contributed by atoms with Crippen LogP contribution in [0, 0.1) is 52.3 Å². The van der Waals surface area contributed by atoms with Gasteiger partial charge in [0.15, 0.2) is 24.7 Å². The molecule has 8 N–H and O–H groups in total. The fraction of sp³-hybridized carbons (Fsp3) is 0.982.